The van der Waals surface area contributed by atoms with E-state index in [0.717, 1.165) is 6.42 Å². The van der Waals surface area contributed by atoms with Gasteiger partial charge in [-0.25, -0.2) is 0 Å². The van der Waals surface area contributed by atoms with Crippen LogP contribution in [0, 0.1) is 0 Å². The summed E-state index contributed by atoms with van der Waals surface area (Å²) in [7, 11) is 0. The van der Waals surface area contributed by atoms with Gasteiger partial charge in [-0.15, -0.1) is 0 Å². The third-order valence-electron chi connectivity index (χ3n) is 4.68. The number of hydrogen-bond acceptors (Lipinski definition) is 2. The second-order valence-electron chi connectivity index (χ2n) is 6.85. The zero-order valence-corrected chi connectivity index (χ0v) is 19.9. The van der Waals surface area contributed by atoms with Crippen LogP contribution in [0.4, 0.5) is 0 Å². The molecule has 1 atom stereocenters. The van der Waals surface area contributed by atoms with Gasteiger partial charge >= 0.3 is 0 Å². The summed E-state index contributed by atoms with van der Waals surface area (Å²) >= 11 is 24.8. The number of benzene rings is 2. The Balaban J connectivity index is 2.38. The van der Waals surface area contributed by atoms with Gasteiger partial charge in [-0.1, -0.05) is 72.4 Å². The highest BCUT2D eigenvalue weighted by Crippen LogP contribution is 2.27. The van der Waals surface area contributed by atoms with Crippen molar-refractivity contribution in [1.82, 2.24) is 10.2 Å². The first-order valence-corrected chi connectivity index (χ1v) is 11.2. The molecule has 1 N–H and O–H groups in total. The Morgan fingerprint density at radius 1 is 1.00 bits per heavy atom. The standard InChI is InChI=1S/C22H24Cl4N2O2/c1-3-10-27-22(30)20(4-2)28(13-14-8-9-15(23)11-19(14)26)21(29)12-16-17(24)6-5-7-18(16)25/h5-9,11,20H,3-4,10,12-13H2,1-2H3,(H,27,30)/t20-/m1/s1. The van der Waals surface area contributed by atoms with E-state index in [-0.39, 0.29) is 24.8 Å². The largest absolute Gasteiger partial charge is 0.354 e. The van der Waals surface area contributed by atoms with E-state index in [0.29, 0.717) is 44.2 Å². The average Bonchev–Trinajstić information content (AvgIpc) is 2.70. The van der Waals surface area contributed by atoms with E-state index in [4.69, 9.17) is 46.4 Å². The van der Waals surface area contributed by atoms with Crippen LogP contribution < -0.4 is 5.32 Å². The van der Waals surface area contributed by atoms with Crippen molar-refractivity contribution in [1.29, 1.82) is 0 Å². The highest BCUT2D eigenvalue weighted by atomic mass is 35.5. The molecule has 2 aromatic rings. The molecule has 0 bridgehead atoms. The van der Waals surface area contributed by atoms with E-state index in [9.17, 15) is 9.59 Å². The van der Waals surface area contributed by atoms with E-state index >= 15 is 0 Å². The quantitative estimate of drug-likeness (QED) is 0.457. The lowest BCUT2D eigenvalue weighted by molar-refractivity contribution is -0.140. The van der Waals surface area contributed by atoms with Crippen LogP contribution in [0.15, 0.2) is 36.4 Å². The fourth-order valence-corrected chi connectivity index (χ4v) is 4.07. The molecule has 0 aromatic heterocycles. The number of rotatable bonds is 9. The summed E-state index contributed by atoms with van der Waals surface area (Å²) in [6.45, 7) is 4.53. The van der Waals surface area contributed by atoms with Crippen molar-refractivity contribution in [3.05, 3.63) is 67.6 Å². The molecule has 0 radical (unpaired) electrons. The molecule has 162 valence electrons. The van der Waals surface area contributed by atoms with Gasteiger partial charge in [-0.05, 0) is 48.2 Å². The first kappa shape index (κ1) is 24.8. The van der Waals surface area contributed by atoms with Crippen LogP contribution in [-0.4, -0.2) is 29.3 Å². The van der Waals surface area contributed by atoms with E-state index in [1.54, 1.807) is 36.4 Å². The van der Waals surface area contributed by atoms with Gasteiger partial charge in [-0.3, -0.25) is 9.59 Å². The smallest absolute Gasteiger partial charge is 0.242 e. The van der Waals surface area contributed by atoms with Crippen LogP contribution in [0.25, 0.3) is 0 Å². The normalized spacial score (nSPS) is 11.8. The molecular formula is C22H24Cl4N2O2. The predicted molar refractivity (Wildman–Crippen MR) is 125 cm³/mol. The summed E-state index contributed by atoms with van der Waals surface area (Å²) in [6.07, 6.45) is 1.22. The Kier molecular flexibility index (Phi) is 9.76. The Morgan fingerprint density at radius 2 is 1.67 bits per heavy atom. The molecule has 0 aliphatic carbocycles. The Morgan fingerprint density at radius 3 is 2.23 bits per heavy atom. The van der Waals surface area contributed by atoms with Gasteiger partial charge in [0.2, 0.25) is 11.8 Å². The van der Waals surface area contributed by atoms with Crippen molar-refractivity contribution in [3.63, 3.8) is 0 Å². The number of carbonyl (C=O) groups is 2. The predicted octanol–water partition coefficient (Wildman–Crippen LogP) is 6.18. The van der Waals surface area contributed by atoms with Crippen molar-refractivity contribution in [2.24, 2.45) is 0 Å². The van der Waals surface area contributed by atoms with E-state index < -0.39 is 6.04 Å². The maximum Gasteiger partial charge on any atom is 0.242 e. The molecule has 0 unspecified atom stereocenters. The average molecular weight is 490 g/mol. The maximum atomic E-state index is 13.3. The highest BCUT2D eigenvalue weighted by Gasteiger charge is 2.29. The van der Waals surface area contributed by atoms with Gasteiger partial charge in [0.1, 0.15) is 6.04 Å². The Hall–Kier alpha value is -1.46. The molecule has 0 spiro atoms. The molecule has 0 heterocycles. The Bertz CT molecular complexity index is 884. The molecule has 8 heteroatoms. The molecular weight excluding hydrogens is 466 g/mol. The second-order valence-corrected chi connectivity index (χ2v) is 8.51. The minimum atomic E-state index is -0.656. The number of hydrogen-bond donors (Lipinski definition) is 1. The number of amides is 2. The van der Waals surface area contributed by atoms with E-state index in [1.165, 1.54) is 4.90 Å². The molecule has 0 saturated heterocycles. The lowest BCUT2D eigenvalue weighted by Crippen LogP contribution is -2.49. The van der Waals surface area contributed by atoms with Gasteiger partial charge in [0.25, 0.3) is 0 Å². The van der Waals surface area contributed by atoms with Gasteiger partial charge in [0.15, 0.2) is 0 Å². The fourth-order valence-electron chi connectivity index (χ4n) is 3.07. The van der Waals surface area contributed by atoms with Crippen LogP contribution >= 0.6 is 46.4 Å². The highest BCUT2D eigenvalue weighted by molar-refractivity contribution is 6.36. The maximum absolute atomic E-state index is 13.3. The van der Waals surface area contributed by atoms with Crippen molar-refractivity contribution in [2.75, 3.05) is 6.54 Å². The molecule has 0 fully saturated rings. The van der Waals surface area contributed by atoms with Crippen molar-refractivity contribution in [2.45, 2.75) is 45.7 Å². The minimum Gasteiger partial charge on any atom is -0.354 e. The molecule has 0 aliphatic rings. The molecule has 2 amide bonds. The van der Waals surface area contributed by atoms with E-state index in [1.807, 2.05) is 13.8 Å². The summed E-state index contributed by atoms with van der Waals surface area (Å²) in [5.41, 5.74) is 1.23. The minimum absolute atomic E-state index is 0.0265. The molecule has 0 aliphatic heterocycles. The molecule has 2 rings (SSSR count). The number of nitrogens with zero attached hydrogens (tertiary/aromatic N) is 1. The first-order valence-electron chi connectivity index (χ1n) is 9.72. The number of nitrogens with one attached hydrogen (secondary N) is 1. The van der Waals surface area contributed by atoms with Crippen molar-refractivity contribution >= 4 is 58.2 Å². The van der Waals surface area contributed by atoms with Gasteiger partial charge in [0, 0.05) is 33.2 Å². The van der Waals surface area contributed by atoms with E-state index in [2.05, 4.69) is 5.32 Å². The topological polar surface area (TPSA) is 49.4 Å². The third kappa shape index (κ3) is 6.52. The third-order valence-corrected chi connectivity index (χ3v) is 5.98. The summed E-state index contributed by atoms with van der Waals surface area (Å²) in [5, 5.41) is 4.62. The lowest BCUT2D eigenvalue weighted by Gasteiger charge is -2.31. The summed E-state index contributed by atoms with van der Waals surface area (Å²) < 4.78 is 0. The second kappa shape index (κ2) is 11.8. The zero-order valence-electron chi connectivity index (χ0n) is 16.9. The first-order chi connectivity index (χ1) is 14.3. The van der Waals surface area contributed by atoms with Gasteiger partial charge < -0.3 is 10.2 Å². The van der Waals surface area contributed by atoms with Crippen LogP contribution in [0.5, 0.6) is 0 Å². The summed E-state index contributed by atoms with van der Waals surface area (Å²) in [4.78, 5) is 27.6. The lowest BCUT2D eigenvalue weighted by atomic mass is 10.1. The monoisotopic (exact) mass is 488 g/mol. The number of halogens is 4. The molecule has 4 nitrogen and oxygen atoms in total. The van der Waals surface area contributed by atoms with Crippen LogP contribution in [0.3, 0.4) is 0 Å². The van der Waals surface area contributed by atoms with Crippen LogP contribution in [0.1, 0.15) is 37.8 Å². The molecule has 0 saturated carbocycles. The summed E-state index contributed by atoms with van der Waals surface area (Å²) in [6, 6.07) is 9.50. The zero-order chi connectivity index (χ0) is 22.3. The SMILES string of the molecule is CCCNC(=O)[C@@H](CC)N(Cc1ccc(Cl)cc1Cl)C(=O)Cc1c(Cl)cccc1Cl. The van der Waals surface area contributed by atoms with Crippen LogP contribution in [0.2, 0.25) is 20.1 Å². The Labute approximate surface area is 197 Å². The molecule has 2 aromatic carbocycles. The van der Waals surface area contributed by atoms with Crippen molar-refractivity contribution in [3.8, 4) is 0 Å². The van der Waals surface area contributed by atoms with Gasteiger partial charge in [0.05, 0.1) is 6.42 Å². The number of carbonyl (C=O) groups excluding carboxylic acids is 2. The molecule has 30 heavy (non-hydrogen) atoms. The summed E-state index contributed by atoms with van der Waals surface area (Å²) in [5.74, 6) is -0.474. The van der Waals surface area contributed by atoms with Crippen molar-refractivity contribution < 1.29 is 9.59 Å². The van der Waals surface area contributed by atoms with Crippen LogP contribution in [-0.2, 0) is 22.6 Å². The van der Waals surface area contributed by atoms with Gasteiger partial charge in [-0.2, -0.15) is 0 Å². The fraction of sp³-hybridized carbons (Fsp3) is 0.364.